The van der Waals surface area contributed by atoms with Gasteiger partial charge < -0.3 is 14.5 Å². The number of hydrogen-bond acceptors (Lipinski definition) is 3. The third-order valence-corrected chi connectivity index (χ3v) is 4.60. The molecule has 0 aliphatic heterocycles. The molecule has 1 aliphatic carbocycles. The van der Waals surface area contributed by atoms with Gasteiger partial charge in [-0.05, 0) is 25.0 Å². The first-order valence-electron chi connectivity index (χ1n) is 8.92. The molecule has 9 heteroatoms. The number of carbonyl (C=O) groups is 1. The predicted octanol–water partition coefficient (Wildman–Crippen LogP) is 5.01. The first-order chi connectivity index (χ1) is 13.4. The van der Waals surface area contributed by atoms with E-state index in [1.165, 1.54) is 12.1 Å². The zero-order chi connectivity index (χ0) is 20.3. The van der Waals surface area contributed by atoms with Crippen molar-refractivity contribution in [1.82, 2.24) is 5.32 Å². The Balaban J connectivity index is 1.64. The minimum atomic E-state index is -2.27. The number of benzene rings is 1. The second-order valence-electron chi connectivity index (χ2n) is 6.62. The van der Waals surface area contributed by atoms with Gasteiger partial charge in [0.05, 0.1) is 0 Å². The third-order valence-electron chi connectivity index (χ3n) is 4.60. The van der Waals surface area contributed by atoms with Crippen LogP contribution >= 0.6 is 0 Å². The van der Waals surface area contributed by atoms with E-state index in [4.69, 9.17) is 9.15 Å². The van der Waals surface area contributed by atoms with E-state index in [1.807, 2.05) is 0 Å². The number of halogens is 5. The number of furan rings is 1. The summed E-state index contributed by atoms with van der Waals surface area (Å²) in [6.07, 6.45) is 6.08. The zero-order valence-corrected chi connectivity index (χ0v) is 14.8. The summed E-state index contributed by atoms with van der Waals surface area (Å²) in [5.41, 5.74) is 0. The summed E-state index contributed by atoms with van der Waals surface area (Å²) in [5.74, 6) is -12.5. The lowest BCUT2D eigenvalue weighted by atomic mass is 10.1. The van der Waals surface area contributed by atoms with Crippen LogP contribution in [0.4, 0.5) is 22.0 Å². The molecule has 0 saturated heterocycles. The normalized spacial score (nSPS) is 15.3. The van der Waals surface area contributed by atoms with E-state index >= 15 is 0 Å². The highest BCUT2D eigenvalue weighted by molar-refractivity contribution is 5.91. The van der Waals surface area contributed by atoms with Gasteiger partial charge in [-0.3, -0.25) is 4.79 Å². The summed E-state index contributed by atoms with van der Waals surface area (Å²) in [6.45, 7) is -0.616. The Morgan fingerprint density at radius 2 is 1.50 bits per heavy atom. The van der Waals surface area contributed by atoms with Gasteiger partial charge in [0.25, 0.3) is 5.91 Å². The SMILES string of the molecule is O=C(NC1CCCCCC1)c1ccc(COc2c(F)c(F)c(F)c(F)c2F)o1. The molecular weight excluding hydrogens is 385 g/mol. The van der Waals surface area contributed by atoms with Crippen LogP contribution in [0.5, 0.6) is 5.75 Å². The molecule has 1 amide bonds. The molecule has 1 N–H and O–H groups in total. The average Bonchev–Trinajstić information content (AvgIpc) is 3.02. The predicted molar refractivity (Wildman–Crippen MR) is 88.2 cm³/mol. The summed E-state index contributed by atoms with van der Waals surface area (Å²) >= 11 is 0. The van der Waals surface area contributed by atoms with Crippen molar-refractivity contribution in [1.29, 1.82) is 0 Å². The van der Waals surface area contributed by atoms with Crippen LogP contribution in [0.15, 0.2) is 16.5 Å². The van der Waals surface area contributed by atoms with Crippen LogP contribution in [0.2, 0.25) is 0 Å². The first-order valence-corrected chi connectivity index (χ1v) is 8.92. The molecule has 3 rings (SSSR count). The second-order valence-corrected chi connectivity index (χ2v) is 6.62. The number of hydrogen-bond donors (Lipinski definition) is 1. The minimum Gasteiger partial charge on any atom is -0.479 e. The molecule has 0 bridgehead atoms. The lowest BCUT2D eigenvalue weighted by Crippen LogP contribution is -2.34. The molecule has 0 unspecified atom stereocenters. The Labute approximate surface area is 157 Å². The van der Waals surface area contributed by atoms with Crippen LogP contribution in [0.3, 0.4) is 0 Å². The summed E-state index contributed by atoms with van der Waals surface area (Å²) in [5, 5.41) is 2.87. The molecule has 1 fully saturated rings. The fraction of sp³-hybridized carbons (Fsp3) is 0.421. The maximum atomic E-state index is 13.6. The molecule has 1 aliphatic rings. The molecule has 1 heterocycles. The van der Waals surface area contributed by atoms with Gasteiger partial charge in [0.15, 0.2) is 11.5 Å². The number of nitrogens with one attached hydrogen (secondary N) is 1. The van der Waals surface area contributed by atoms with Crippen LogP contribution in [0.25, 0.3) is 0 Å². The second kappa shape index (κ2) is 8.62. The van der Waals surface area contributed by atoms with Gasteiger partial charge in [0.1, 0.15) is 12.4 Å². The Kier molecular flexibility index (Phi) is 6.21. The highest BCUT2D eigenvalue weighted by Crippen LogP contribution is 2.29. The van der Waals surface area contributed by atoms with E-state index in [9.17, 15) is 26.7 Å². The van der Waals surface area contributed by atoms with Crippen molar-refractivity contribution >= 4 is 5.91 Å². The molecule has 1 saturated carbocycles. The van der Waals surface area contributed by atoms with Gasteiger partial charge in [-0.1, -0.05) is 25.7 Å². The number of carbonyl (C=O) groups excluding carboxylic acids is 1. The van der Waals surface area contributed by atoms with E-state index in [0.29, 0.717) is 0 Å². The van der Waals surface area contributed by atoms with Crippen molar-refractivity contribution in [3.63, 3.8) is 0 Å². The average molecular weight is 403 g/mol. The monoisotopic (exact) mass is 403 g/mol. The van der Waals surface area contributed by atoms with Gasteiger partial charge in [-0.2, -0.15) is 8.78 Å². The fourth-order valence-corrected chi connectivity index (χ4v) is 3.11. The maximum Gasteiger partial charge on any atom is 0.287 e. The summed E-state index contributed by atoms with van der Waals surface area (Å²) < 4.78 is 76.5. The maximum absolute atomic E-state index is 13.6. The zero-order valence-electron chi connectivity index (χ0n) is 14.8. The molecule has 4 nitrogen and oxygen atoms in total. The molecular formula is C19H18F5NO3. The number of amides is 1. The lowest BCUT2D eigenvalue weighted by molar-refractivity contribution is 0.0900. The Morgan fingerprint density at radius 3 is 2.11 bits per heavy atom. The number of ether oxygens (including phenoxy) is 1. The van der Waals surface area contributed by atoms with Gasteiger partial charge >= 0.3 is 0 Å². The number of rotatable bonds is 5. The highest BCUT2D eigenvalue weighted by Gasteiger charge is 2.27. The Bertz CT molecular complexity index is 830. The molecule has 0 radical (unpaired) electrons. The molecule has 0 atom stereocenters. The fourth-order valence-electron chi connectivity index (χ4n) is 3.11. The van der Waals surface area contributed by atoms with Crippen molar-refractivity contribution in [3.05, 3.63) is 52.7 Å². The van der Waals surface area contributed by atoms with Crippen LogP contribution in [0, 0.1) is 29.1 Å². The van der Waals surface area contributed by atoms with Gasteiger partial charge in [-0.25, -0.2) is 13.2 Å². The van der Waals surface area contributed by atoms with Gasteiger partial charge in [0, 0.05) is 6.04 Å². The van der Waals surface area contributed by atoms with E-state index < -0.39 is 47.3 Å². The Hall–Kier alpha value is -2.58. The first kappa shape index (κ1) is 20.2. The van der Waals surface area contributed by atoms with Gasteiger partial charge in [-0.15, -0.1) is 0 Å². The summed E-state index contributed by atoms with van der Waals surface area (Å²) in [4.78, 5) is 12.2. The molecule has 1 aromatic heterocycles. The van der Waals surface area contributed by atoms with E-state index in [0.717, 1.165) is 38.5 Å². The lowest BCUT2D eigenvalue weighted by Gasteiger charge is -2.15. The van der Waals surface area contributed by atoms with Crippen molar-refractivity contribution in [3.8, 4) is 5.75 Å². The van der Waals surface area contributed by atoms with Crippen molar-refractivity contribution < 1.29 is 35.9 Å². The Morgan fingerprint density at radius 1 is 0.929 bits per heavy atom. The summed E-state index contributed by atoms with van der Waals surface area (Å²) in [6, 6.07) is 2.73. The largest absolute Gasteiger partial charge is 0.479 e. The van der Waals surface area contributed by atoms with Crippen molar-refractivity contribution in [2.24, 2.45) is 0 Å². The van der Waals surface area contributed by atoms with Crippen molar-refractivity contribution in [2.45, 2.75) is 51.2 Å². The minimum absolute atomic E-state index is 0.00467. The molecule has 28 heavy (non-hydrogen) atoms. The van der Waals surface area contributed by atoms with E-state index in [1.54, 1.807) is 0 Å². The quantitative estimate of drug-likeness (QED) is 0.331. The van der Waals surface area contributed by atoms with E-state index in [-0.39, 0.29) is 17.6 Å². The van der Waals surface area contributed by atoms with Gasteiger partial charge in [0.2, 0.25) is 29.1 Å². The smallest absolute Gasteiger partial charge is 0.287 e. The van der Waals surface area contributed by atoms with Crippen LogP contribution < -0.4 is 10.1 Å². The third kappa shape index (κ3) is 4.28. The van der Waals surface area contributed by atoms with Crippen LogP contribution in [-0.4, -0.2) is 11.9 Å². The van der Waals surface area contributed by atoms with E-state index in [2.05, 4.69) is 5.32 Å². The summed E-state index contributed by atoms with van der Waals surface area (Å²) in [7, 11) is 0. The van der Waals surface area contributed by atoms with Crippen LogP contribution in [-0.2, 0) is 6.61 Å². The standard InChI is InChI=1S/C19H18F5NO3/c20-13-14(21)16(23)18(17(24)15(13)22)27-9-11-7-8-12(28-11)19(26)25-10-5-3-1-2-4-6-10/h7-8,10H,1-6,9H2,(H,25,26). The van der Waals surface area contributed by atoms with Crippen LogP contribution in [0.1, 0.15) is 54.8 Å². The highest BCUT2D eigenvalue weighted by atomic mass is 19.2. The topological polar surface area (TPSA) is 51.5 Å². The molecule has 152 valence electrons. The van der Waals surface area contributed by atoms with Crippen molar-refractivity contribution in [2.75, 3.05) is 0 Å². The molecule has 0 spiro atoms. The molecule has 2 aromatic rings. The molecule has 1 aromatic carbocycles.